The lowest BCUT2D eigenvalue weighted by Crippen LogP contribution is -2.33. The van der Waals surface area contributed by atoms with E-state index in [2.05, 4.69) is 5.32 Å². The van der Waals surface area contributed by atoms with Crippen LogP contribution in [0.2, 0.25) is 0 Å². The van der Waals surface area contributed by atoms with Gasteiger partial charge in [0, 0.05) is 18.7 Å². The molecule has 1 aromatic carbocycles. The number of nitrogens with one attached hydrogen (secondary N) is 1. The number of aliphatic carboxylic acids is 1. The van der Waals surface area contributed by atoms with Crippen molar-refractivity contribution < 1.29 is 19.4 Å². The molecular weight excluding hydrogens is 258 g/mol. The fourth-order valence-electron chi connectivity index (χ4n) is 2.52. The van der Waals surface area contributed by atoms with Crippen molar-refractivity contribution in [1.29, 1.82) is 0 Å². The van der Waals surface area contributed by atoms with Gasteiger partial charge in [-0.15, -0.1) is 0 Å². The van der Waals surface area contributed by atoms with Crippen molar-refractivity contribution in [1.82, 2.24) is 5.32 Å². The van der Waals surface area contributed by atoms with Gasteiger partial charge in [0.2, 0.25) is 0 Å². The highest BCUT2D eigenvalue weighted by Gasteiger charge is 2.30. The molecule has 1 amide bonds. The maximum atomic E-state index is 12.1. The van der Waals surface area contributed by atoms with Crippen molar-refractivity contribution in [2.24, 2.45) is 5.92 Å². The summed E-state index contributed by atoms with van der Waals surface area (Å²) in [6.45, 7) is 0.519. The Morgan fingerprint density at radius 3 is 2.55 bits per heavy atom. The quantitative estimate of drug-likeness (QED) is 0.860. The van der Waals surface area contributed by atoms with Gasteiger partial charge in [0.15, 0.2) is 0 Å². The summed E-state index contributed by atoms with van der Waals surface area (Å²) in [6, 6.07) is 7.18. The predicted molar refractivity (Wildman–Crippen MR) is 73.4 cm³/mol. The summed E-state index contributed by atoms with van der Waals surface area (Å²) in [4.78, 5) is 22.9. The molecule has 0 aliphatic heterocycles. The van der Waals surface area contributed by atoms with Gasteiger partial charge < -0.3 is 15.2 Å². The molecule has 0 saturated heterocycles. The molecule has 1 aromatic rings. The Hall–Kier alpha value is -1.88. The molecule has 1 saturated carbocycles. The second kappa shape index (κ2) is 6.52. The van der Waals surface area contributed by atoms with E-state index in [4.69, 9.17) is 9.84 Å². The molecule has 108 valence electrons. The van der Waals surface area contributed by atoms with Crippen molar-refractivity contribution in [2.45, 2.75) is 31.9 Å². The third kappa shape index (κ3) is 3.57. The van der Waals surface area contributed by atoms with Gasteiger partial charge in [0.05, 0.1) is 12.5 Å². The molecule has 2 N–H and O–H groups in total. The molecule has 5 heteroatoms. The molecule has 0 bridgehead atoms. The highest BCUT2D eigenvalue weighted by molar-refractivity contribution is 5.94. The Kier molecular flexibility index (Phi) is 4.74. The highest BCUT2D eigenvalue weighted by atomic mass is 16.5. The third-order valence-electron chi connectivity index (χ3n) is 3.64. The van der Waals surface area contributed by atoms with Gasteiger partial charge in [-0.3, -0.25) is 9.59 Å². The molecule has 0 spiro atoms. The summed E-state index contributed by atoms with van der Waals surface area (Å²) in [5.74, 6) is -1.25. The van der Waals surface area contributed by atoms with Crippen LogP contribution in [0.4, 0.5) is 0 Å². The minimum absolute atomic E-state index is 0.0396. The molecule has 2 atom stereocenters. The topological polar surface area (TPSA) is 75.6 Å². The Bertz CT molecular complexity index is 483. The second-order valence-corrected chi connectivity index (χ2v) is 5.15. The van der Waals surface area contributed by atoms with E-state index in [0.717, 1.165) is 12.0 Å². The van der Waals surface area contributed by atoms with Gasteiger partial charge in [0.25, 0.3) is 5.91 Å². The maximum absolute atomic E-state index is 12.1. The number of carbonyl (C=O) groups excluding carboxylic acids is 1. The van der Waals surface area contributed by atoms with Crippen molar-refractivity contribution in [3.05, 3.63) is 35.4 Å². The van der Waals surface area contributed by atoms with Gasteiger partial charge in [-0.2, -0.15) is 0 Å². The second-order valence-electron chi connectivity index (χ2n) is 5.15. The lowest BCUT2D eigenvalue weighted by Gasteiger charge is -2.12. The lowest BCUT2D eigenvalue weighted by atomic mass is 10.1. The summed E-state index contributed by atoms with van der Waals surface area (Å²) in [5.41, 5.74) is 1.60. The zero-order valence-corrected chi connectivity index (χ0v) is 11.5. The molecule has 1 fully saturated rings. The first kappa shape index (κ1) is 14.5. The average Bonchev–Trinajstić information content (AvgIpc) is 2.88. The van der Waals surface area contributed by atoms with Crippen LogP contribution in [0.3, 0.4) is 0 Å². The van der Waals surface area contributed by atoms with Crippen LogP contribution in [0, 0.1) is 5.92 Å². The van der Waals surface area contributed by atoms with Crippen molar-refractivity contribution in [3.63, 3.8) is 0 Å². The minimum atomic E-state index is -0.773. The van der Waals surface area contributed by atoms with Gasteiger partial charge in [-0.1, -0.05) is 12.1 Å². The normalized spacial score (nSPS) is 21.6. The van der Waals surface area contributed by atoms with E-state index < -0.39 is 5.97 Å². The van der Waals surface area contributed by atoms with Crippen LogP contribution in [0.25, 0.3) is 0 Å². The van der Waals surface area contributed by atoms with Gasteiger partial charge in [-0.05, 0) is 37.0 Å². The summed E-state index contributed by atoms with van der Waals surface area (Å²) in [7, 11) is 1.62. The SMILES string of the molecule is COCc1ccc(C(=O)N[C@@H]2CC[C@H](C(=O)O)C2)cc1. The fraction of sp³-hybridized carbons (Fsp3) is 0.467. The Morgan fingerprint density at radius 1 is 1.30 bits per heavy atom. The summed E-state index contributed by atoms with van der Waals surface area (Å²) in [5, 5.41) is 11.8. The van der Waals surface area contributed by atoms with E-state index in [9.17, 15) is 9.59 Å². The largest absolute Gasteiger partial charge is 0.481 e. The molecule has 0 radical (unpaired) electrons. The highest BCUT2D eigenvalue weighted by Crippen LogP contribution is 2.25. The van der Waals surface area contributed by atoms with E-state index in [-0.39, 0.29) is 17.9 Å². The molecular formula is C15H19NO4. The summed E-state index contributed by atoms with van der Waals surface area (Å²) in [6.07, 6.45) is 1.88. The number of rotatable bonds is 5. The van der Waals surface area contributed by atoms with Crippen LogP contribution in [0.5, 0.6) is 0 Å². The zero-order chi connectivity index (χ0) is 14.5. The number of carboxylic acid groups (broad SMARTS) is 1. The van der Waals surface area contributed by atoms with Gasteiger partial charge in [0.1, 0.15) is 0 Å². The monoisotopic (exact) mass is 277 g/mol. The van der Waals surface area contributed by atoms with Crippen molar-refractivity contribution >= 4 is 11.9 Å². The van der Waals surface area contributed by atoms with Crippen LogP contribution in [-0.4, -0.2) is 30.1 Å². The number of hydrogen-bond acceptors (Lipinski definition) is 3. The zero-order valence-electron chi connectivity index (χ0n) is 11.5. The molecule has 1 aliphatic rings. The molecule has 20 heavy (non-hydrogen) atoms. The van der Waals surface area contributed by atoms with E-state index in [1.54, 1.807) is 19.2 Å². The first-order valence-electron chi connectivity index (χ1n) is 6.71. The van der Waals surface area contributed by atoms with Crippen LogP contribution < -0.4 is 5.32 Å². The van der Waals surface area contributed by atoms with E-state index >= 15 is 0 Å². The first-order valence-corrected chi connectivity index (χ1v) is 6.71. The standard InChI is InChI=1S/C15H19NO4/c1-20-9-10-2-4-11(5-3-10)14(17)16-13-7-6-12(8-13)15(18)19/h2-5,12-13H,6-9H2,1H3,(H,16,17)(H,18,19)/t12-,13+/m0/s1. The van der Waals surface area contributed by atoms with Gasteiger partial charge in [-0.25, -0.2) is 0 Å². The third-order valence-corrected chi connectivity index (χ3v) is 3.64. The lowest BCUT2D eigenvalue weighted by molar-refractivity contribution is -0.141. The number of carbonyl (C=O) groups is 2. The molecule has 0 aromatic heterocycles. The molecule has 1 aliphatic carbocycles. The number of ether oxygens (including phenoxy) is 1. The van der Waals surface area contributed by atoms with E-state index in [1.165, 1.54) is 0 Å². The van der Waals surface area contributed by atoms with Crippen LogP contribution in [0.1, 0.15) is 35.2 Å². The number of benzene rings is 1. The number of amides is 1. The predicted octanol–water partition coefficient (Wildman–Crippen LogP) is 1.82. The Balaban J connectivity index is 1.90. The Labute approximate surface area is 117 Å². The molecule has 5 nitrogen and oxygen atoms in total. The van der Waals surface area contributed by atoms with Crippen LogP contribution in [-0.2, 0) is 16.1 Å². The smallest absolute Gasteiger partial charge is 0.306 e. The minimum Gasteiger partial charge on any atom is -0.481 e. The summed E-state index contributed by atoms with van der Waals surface area (Å²) >= 11 is 0. The number of hydrogen-bond donors (Lipinski definition) is 2. The van der Waals surface area contributed by atoms with E-state index in [0.29, 0.717) is 25.0 Å². The summed E-state index contributed by atoms with van der Waals surface area (Å²) < 4.78 is 5.01. The van der Waals surface area contributed by atoms with Crippen LogP contribution in [0.15, 0.2) is 24.3 Å². The first-order chi connectivity index (χ1) is 9.60. The molecule has 0 unspecified atom stereocenters. The van der Waals surface area contributed by atoms with Crippen molar-refractivity contribution in [3.8, 4) is 0 Å². The number of methoxy groups -OCH3 is 1. The van der Waals surface area contributed by atoms with Crippen LogP contribution >= 0.6 is 0 Å². The average molecular weight is 277 g/mol. The molecule has 2 rings (SSSR count). The fourth-order valence-corrected chi connectivity index (χ4v) is 2.52. The maximum Gasteiger partial charge on any atom is 0.306 e. The van der Waals surface area contributed by atoms with Gasteiger partial charge >= 0.3 is 5.97 Å². The Morgan fingerprint density at radius 2 is 2.00 bits per heavy atom. The molecule has 0 heterocycles. The number of carboxylic acids is 1. The van der Waals surface area contributed by atoms with E-state index in [1.807, 2.05) is 12.1 Å². The van der Waals surface area contributed by atoms with Crippen molar-refractivity contribution in [2.75, 3.05) is 7.11 Å².